The Labute approximate surface area is 178 Å². The van der Waals surface area contributed by atoms with E-state index in [0.29, 0.717) is 44.3 Å². The van der Waals surface area contributed by atoms with E-state index in [1.807, 2.05) is 37.3 Å². The number of nitrogens with two attached hydrogens (primary N) is 1. The number of para-hydroxylation sites is 2. The van der Waals surface area contributed by atoms with Crippen LogP contribution in [0.2, 0.25) is 0 Å². The predicted octanol–water partition coefficient (Wildman–Crippen LogP) is 1.97. The molecule has 2 aromatic rings. The van der Waals surface area contributed by atoms with Crippen molar-refractivity contribution in [3.05, 3.63) is 48.0 Å². The number of rotatable bonds is 13. The fourth-order valence-corrected chi connectivity index (χ4v) is 3.76. The zero-order chi connectivity index (χ0) is 22.0. The first kappa shape index (κ1) is 23.9. The lowest BCUT2D eigenvalue weighted by Gasteiger charge is -2.19. The molecule has 0 aromatic heterocycles. The Hall–Kier alpha value is -2.33. The molecule has 0 aliphatic rings. The number of ether oxygens (including phenoxy) is 4. The lowest BCUT2D eigenvalue weighted by Crippen LogP contribution is -2.37. The SMILES string of the molecule is CCOc1ccccc1OCCN[C@H](COC)Cc1ccc(OC)c(S(N)(=O)=O)c1. The predicted molar refractivity (Wildman–Crippen MR) is 115 cm³/mol. The van der Waals surface area contributed by atoms with Crippen molar-refractivity contribution in [1.29, 1.82) is 0 Å². The first-order valence-electron chi connectivity index (χ1n) is 9.65. The van der Waals surface area contributed by atoms with Crippen molar-refractivity contribution in [2.45, 2.75) is 24.3 Å². The Morgan fingerprint density at radius 3 is 2.33 bits per heavy atom. The van der Waals surface area contributed by atoms with E-state index >= 15 is 0 Å². The molecule has 9 heteroatoms. The van der Waals surface area contributed by atoms with Crippen molar-refractivity contribution in [3.8, 4) is 17.2 Å². The Morgan fingerprint density at radius 2 is 1.73 bits per heavy atom. The monoisotopic (exact) mass is 438 g/mol. The highest BCUT2D eigenvalue weighted by molar-refractivity contribution is 7.89. The molecule has 0 saturated carbocycles. The molecular weight excluding hydrogens is 408 g/mol. The second kappa shape index (κ2) is 11.8. The fourth-order valence-electron chi connectivity index (χ4n) is 3.01. The van der Waals surface area contributed by atoms with Crippen molar-refractivity contribution in [2.75, 3.05) is 40.6 Å². The molecule has 0 unspecified atom stereocenters. The highest BCUT2D eigenvalue weighted by Crippen LogP contribution is 2.26. The van der Waals surface area contributed by atoms with Crippen LogP contribution < -0.4 is 24.7 Å². The summed E-state index contributed by atoms with van der Waals surface area (Å²) in [5, 5.41) is 8.68. The molecule has 8 nitrogen and oxygen atoms in total. The quantitative estimate of drug-likeness (QED) is 0.460. The molecule has 0 radical (unpaired) electrons. The van der Waals surface area contributed by atoms with E-state index in [2.05, 4.69) is 5.32 Å². The van der Waals surface area contributed by atoms with Gasteiger partial charge in [-0.1, -0.05) is 18.2 Å². The number of hydrogen-bond acceptors (Lipinski definition) is 7. The Bertz CT molecular complexity index is 904. The minimum absolute atomic E-state index is 0.0328. The van der Waals surface area contributed by atoms with Gasteiger partial charge in [-0.25, -0.2) is 13.6 Å². The molecule has 1 atom stereocenters. The number of hydrogen-bond donors (Lipinski definition) is 2. The first-order valence-corrected chi connectivity index (χ1v) is 11.2. The third-order valence-corrected chi connectivity index (χ3v) is 5.26. The van der Waals surface area contributed by atoms with Crippen LogP contribution in [0.4, 0.5) is 0 Å². The summed E-state index contributed by atoms with van der Waals surface area (Å²) in [6.45, 7) is 3.96. The van der Waals surface area contributed by atoms with E-state index < -0.39 is 10.0 Å². The molecule has 0 bridgehead atoms. The summed E-state index contributed by atoms with van der Waals surface area (Å²) in [4.78, 5) is -0.0328. The zero-order valence-corrected chi connectivity index (χ0v) is 18.4. The highest BCUT2D eigenvalue weighted by Gasteiger charge is 2.17. The van der Waals surface area contributed by atoms with Crippen LogP contribution in [-0.4, -0.2) is 55.0 Å². The lowest BCUT2D eigenvalue weighted by atomic mass is 10.1. The zero-order valence-electron chi connectivity index (χ0n) is 17.6. The topological polar surface area (TPSA) is 109 Å². The number of sulfonamides is 1. The van der Waals surface area contributed by atoms with Gasteiger partial charge in [0.05, 0.1) is 20.3 Å². The molecule has 3 N–H and O–H groups in total. The summed E-state index contributed by atoms with van der Waals surface area (Å²) in [7, 11) is -0.861. The second-order valence-electron chi connectivity index (χ2n) is 6.57. The largest absolute Gasteiger partial charge is 0.495 e. The summed E-state index contributed by atoms with van der Waals surface area (Å²) >= 11 is 0. The van der Waals surface area contributed by atoms with Gasteiger partial charge in [-0.2, -0.15) is 0 Å². The van der Waals surface area contributed by atoms with E-state index in [9.17, 15) is 8.42 Å². The number of nitrogens with one attached hydrogen (secondary N) is 1. The Balaban J connectivity index is 1.97. The molecule has 0 saturated heterocycles. The van der Waals surface area contributed by atoms with Gasteiger partial charge in [0.2, 0.25) is 10.0 Å². The molecule has 2 rings (SSSR count). The van der Waals surface area contributed by atoms with Gasteiger partial charge in [0.1, 0.15) is 17.3 Å². The summed E-state index contributed by atoms with van der Waals surface area (Å²) in [6, 6.07) is 12.4. The minimum atomic E-state index is -3.89. The van der Waals surface area contributed by atoms with Crippen LogP contribution >= 0.6 is 0 Å². The van der Waals surface area contributed by atoms with Crippen LogP contribution in [0.5, 0.6) is 17.2 Å². The van der Waals surface area contributed by atoms with Gasteiger partial charge in [0.15, 0.2) is 11.5 Å². The van der Waals surface area contributed by atoms with Crippen LogP contribution in [0.15, 0.2) is 47.4 Å². The van der Waals surface area contributed by atoms with Gasteiger partial charge in [-0.05, 0) is 43.2 Å². The van der Waals surface area contributed by atoms with Crippen LogP contribution in [0.3, 0.4) is 0 Å². The third kappa shape index (κ3) is 7.17. The van der Waals surface area contributed by atoms with Crippen molar-refractivity contribution < 1.29 is 27.4 Å². The van der Waals surface area contributed by atoms with Crippen molar-refractivity contribution >= 4 is 10.0 Å². The lowest BCUT2D eigenvalue weighted by molar-refractivity contribution is 0.162. The van der Waals surface area contributed by atoms with Gasteiger partial charge < -0.3 is 24.3 Å². The Morgan fingerprint density at radius 1 is 1.03 bits per heavy atom. The van der Waals surface area contributed by atoms with Crippen molar-refractivity contribution in [3.63, 3.8) is 0 Å². The maximum atomic E-state index is 11.8. The van der Waals surface area contributed by atoms with Crippen LogP contribution in [0, 0.1) is 0 Å². The molecule has 0 aliphatic carbocycles. The Kier molecular flexibility index (Phi) is 9.38. The van der Waals surface area contributed by atoms with Crippen LogP contribution in [0.1, 0.15) is 12.5 Å². The molecule has 2 aromatic carbocycles. The summed E-state index contributed by atoms with van der Waals surface area (Å²) in [5.41, 5.74) is 0.803. The number of benzene rings is 2. The maximum absolute atomic E-state index is 11.8. The summed E-state index contributed by atoms with van der Waals surface area (Å²) in [6.07, 6.45) is 0.551. The standard InChI is InChI=1S/C21H30N2O6S/c1-4-28-18-7-5-6-8-19(18)29-12-11-23-17(15-26-2)13-16-9-10-20(27-3)21(14-16)30(22,24)25/h5-10,14,17,23H,4,11-13,15H2,1-3H3,(H2,22,24,25)/t17-/m0/s1. The van der Waals surface area contributed by atoms with E-state index in [1.54, 1.807) is 13.2 Å². The normalized spacial score (nSPS) is 12.4. The van der Waals surface area contributed by atoms with E-state index in [4.69, 9.17) is 24.1 Å². The molecule has 0 heterocycles. The summed E-state index contributed by atoms with van der Waals surface area (Å²) in [5.74, 6) is 1.62. The van der Waals surface area contributed by atoms with E-state index in [1.165, 1.54) is 13.2 Å². The molecule has 0 spiro atoms. The molecule has 166 valence electrons. The van der Waals surface area contributed by atoms with Gasteiger partial charge >= 0.3 is 0 Å². The summed E-state index contributed by atoms with van der Waals surface area (Å²) < 4.78 is 45.4. The van der Waals surface area contributed by atoms with Gasteiger partial charge in [-0.15, -0.1) is 0 Å². The first-order chi connectivity index (χ1) is 14.4. The van der Waals surface area contributed by atoms with Gasteiger partial charge in [0.25, 0.3) is 0 Å². The van der Waals surface area contributed by atoms with Gasteiger partial charge in [-0.3, -0.25) is 0 Å². The molecular formula is C21H30N2O6S. The van der Waals surface area contributed by atoms with Crippen LogP contribution in [0.25, 0.3) is 0 Å². The van der Waals surface area contributed by atoms with Gasteiger partial charge in [0, 0.05) is 19.7 Å². The van der Waals surface area contributed by atoms with Crippen molar-refractivity contribution in [2.24, 2.45) is 5.14 Å². The highest BCUT2D eigenvalue weighted by atomic mass is 32.2. The van der Waals surface area contributed by atoms with Crippen LogP contribution in [-0.2, 0) is 21.2 Å². The van der Waals surface area contributed by atoms with E-state index in [0.717, 1.165) is 5.56 Å². The third-order valence-electron chi connectivity index (χ3n) is 4.33. The van der Waals surface area contributed by atoms with Crippen molar-refractivity contribution in [1.82, 2.24) is 5.32 Å². The maximum Gasteiger partial charge on any atom is 0.241 e. The van der Waals surface area contributed by atoms with E-state index in [-0.39, 0.29) is 16.7 Å². The average molecular weight is 439 g/mol. The fraction of sp³-hybridized carbons (Fsp3) is 0.429. The molecule has 0 fully saturated rings. The number of primary sulfonamides is 1. The molecule has 0 aliphatic heterocycles. The number of methoxy groups -OCH3 is 2. The minimum Gasteiger partial charge on any atom is -0.495 e. The second-order valence-corrected chi connectivity index (χ2v) is 8.10. The molecule has 30 heavy (non-hydrogen) atoms. The molecule has 0 amide bonds. The smallest absolute Gasteiger partial charge is 0.241 e. The average Bonchev–Trinajstić information content (AvgIpc) is 2.72.